The van der Waals surface area contributed by atoms with Crippen LogP contribution in [0.3, 0.4) is 0 Å². The molecule has 4 rings (SSSR count). The van der Waals surface area contributed by atoms with Gasteiger partial charge in [0.25, 0.3) is 5.91 Å². The van der Waals surface area contributed by atoms with E-state index in [9.17, 15) is 4.79 Å². The number of benzene rings is 2. The first kappa shape index (κ1) is 18.6. The van der Waals surface area contributed by atoms with Gasteiger partial charge in [-0.25, -0.2) is 0 Å². The van der Waals surface area contributed by atoms with Crippen LogP contribution in [0.2, 0.25) is 5.02 Å². The van der Waals surface area contributed by atoms with Gasteiger partial charge in [-0.15, -0.1) is 0 Å². The average Bonchev–Trinajstić information content (AvgIpc) is 3.04. The second kappa shape index (κ2) is 6.71. The summed E-state index contributed by atoms with van der Waals surface area (Å²) in [6, 6.07) is 12.9. The highest BCUT2D eigenvalue weighted by Crippen LogP contribution is 2.53. The molecule has 0 aliphatic carbocycles. The summed E-state index contributed by atoms with van der Waals surface area (Å²) in [6.07, 6.45) is 0. The number of halogens is 1. The molecule has 1 aliphatic heterocycles. The van der Waals surface area contributed by atoms with E-state index in [2.05, 4.69) is 0 Å². The van der Waals surface area contributed by atoms with Gasteiger partial charge in [0.2, 0.25) is 0 Å². The van der Waals surface area contributed by atoms with Gasteiger partial charge in [-0.1, -0.05) is 56.6 Å². The summed E-state index contributed by atoms with van der Waals surface area (Å²) >= 11 is 11.9. The van der Waals surface area contributed by atoms with Gasteiger partial charge in [0.15, 0.2) is 0 Å². The number of nitrogens with zero attached hydrogens (tertiary/aromatic N) is 1. The van der Waals surface area contributed by atoms with Crippen molar-refractivity contribution in [2.75, 3.05) is 12.0 Å². The molecule has 2 heterocycles. The molecule has 0 saturated heterocycles. The fourth-order valence-electron chi connectivity index (χ4n) is 3.45. The van der Waals surface area contributed by atoms with Crippen LogP contribution in [0.5, 0.6) is 5.75 Å². The van der Waals surface area contributed by atoms with Crippen LogP contribution in [0, 0.1) is 3.82 Å². The zero-order chi connectivity index (χ0) is 19.3. The predicted molar refractivity (Wildman–Crippen MR) is 116 cm³/mol. The van der Waals surface area contributed by atoms with Gasteiger partial charge >= 0.3 is 0 Å². The van der Waals surface area contributed by atoms with Crippen molar-refractivity contribution >= 4 is 56.1 Å². The Morgan fingerprint density at radius 1 is 1.19 bits per heavy atom. The zero-order valence-electron chi connectivity index (χ0n) is 14.9. The van der Waals surface area contributed by atoms with Crippen molar-refractivity contribution in [3.8, 4) is 16.9 Å². The molecule has 0 bridgehead atoms. The molecular formula is C20H16ClNO2S3. The number of methoxy groups -OCH3 is 1. The Labute approximate surface area is 175 Å². The molecule has 2 aromatic carbocycles. The van der Waals surface area contributed by atoms with E-state index in [1.807, 2.05) is 49.1 Å². The normalized spacial score (nSPS) is 14.4. The average molecular weight is 434 g/mol. The first-order valence-corrected chi connectivity index (χ1v) is 11.2. The van der Waals surface area contributed by atoms with Crippen LogP contribution < -0.4 is 9.64 Å². The fourth-order valence-corrected chi connectivity index (χ4v) is 6.95. The molecule has 138 valence electrons. The molecular weight excluding hydrogens is 418 g/mol. The van der Waals surface area contributed by atoms with Crippen LogP contribution in [0.4, 0.5) is 5.69 Å². The van der Waals surface area contributed by atoms with Crippen molar-refractivity contribution in [1.29, 1.82) is 0 Å². The van der Waals surface area contributed by atoms with Crippen molar-refractivity contribution in [2.24, 2.45) is 0 Å². The summed E-state index contributed by atoms with van der Waals surface area (Å²) in [7, 11) is 4.82. The van der Waals surface area contributed by atoms with E-state index < -0.39 is 5.54 Å². The monoisotopic (exact) mass is 433 g/mol. The van der Waals surface area contributed by atoms with Gasteiger partial charge < -0.3 is 4.74 Å². The molecule has 0 atom stereocenters. The van der Waals surface area contributed by atoms with Crippen LogP contribution in [0.25, 0.3) is 11.1 Å². The molecule has 1 amide bonds. The maximum Gasteiger partial charge on any atom is 0.260 e. The molecule has 1 aliphatic rings. The molecule has 3 aromatic rings. The zero-order valence-corrected chi connectivity index (χ0v) is 18.1. The number of carbonyl (C=O) groups excluding carboxylic acids is 1. The smallest absolute Gasteiger partial charge is 0.260 e. The van der Waals surface area contributed by atoms with Crippen molar-refractivity contribution in [3.63, 3.8) is 0 Å². The number of fused-ring (bicyclic) bond motifs is 3. The van der Waals surface area contributed by atoms with E-state index in [-0.39, 0.29) is 5.91 Å². The Balaban J connectivity index is 2.00. The first-order valence-electron chi connectivity index (χ1n) is 8.27. The second-order valence-electron chi connectivity index (χ2n) is 6.72. The summed E-state index contributed by atoms with van der Waals surface area (Å²) in [5.74, 6) is 0.599. The highest BCUT2D eigenvalue weighted by Gasteiger charge is 2.43. The number of ether oxygens (including phenoxy) is 1. The van der Waals surface area contributed by atoms with Crippen LogP contribution in [0.15, 0.2) is 42.5 Å². The molecule has 1 aromatic heterocycles. The third kappa shape index (κ3) is 2.83. The van der Waals surface area contributed by atoms with Gasteiger partial charge in [-0.05, 0) is 44.2 Å². The molecule has 0 saturated carbocycles. The minimum atomic E-state index is -0.550. The topological polar surface area (TPSA) is 29.5 Å². The molecule has 3 nitrogen and oxygen atoms in total. The molecule has 0 N–H and O–H groups in total. The molecule has 0 unspecified atom stereocenters. The number of hydrogen-bond acceptors (Lipinski definition) is 5. The van der Waals surface area contributed by atoms with Crippen molar-refractivity contribution in [1.82, 2.24) is 0 Å². The minimum absolute atomic E-state index is 0.132. The Hall–Kier alpha value is -1.73. The SMILES string of the molecule is COc1ccc2c(c1)-c1c(ssc1=S)C(C)(C)N2C(=O)c1ccccc1Cl. The summed E-state index contributed by atoms with van der Waals surface area (Å²) in [6.45, 7) is 4.09. The molecule has 0 radical (unpaired) electrons. The fraction of sp³-hybridized carbons (Fsp3) is 0.200. The van der Waals surface area contributed by atoms with Crippen LogP contribution in [-0.4, -0.2) is 13.0 Å². The lowest BCUT2D eigenvalue weighted by atomic mass is 9.86. The lowest BCUT2D eigenvalue weighted by molar-refractivity contribution is 0.0961. The second-order valence-corrected chi connectivity index (χ2v) is 9.94. The van der Waals surface area contributed by atoms with Gasteiger partial charge in [0, 0.05) is 11.1 Å². The third-order valence-electron chi connectivity index (χ3n) is 4.77. The maximum atomic E-state index is 13.6. The van der Waals surface area contributed by atoms with E-state index in [0.717, 1.165) is 31.3 Å². The lowest BCUT2D eigenvalue weighted by Crippen LogP contribution is -2.47. The summed E-state index contributed by atoms with van der Waals surface area (Å²) in [5, 5.41) is 0.442. The van der Waals surface area contributed by atoms with Gasteiger partial charge in [0.05, 0.1) is 33.8 Å². The van der Waals surface area contributed by atoms with Gasteiger partial charge in [0.1, 0.15) is 9.57 Å². The summed E-state index contributed by atoms with van der Waals surface area (Å²) in [5.41, 5.74) is 2.70. The van der Waals surface area contributed by atoms with Gasteiger partial charge in [-0.2, -0.15) is 0 Å². The third-order valence-corrected chi connectivity index (χ3v) is 8.43. The molecule has 0 spiro atoms. The Morgan fingerprint density at radius 2 is 1.93 bits per heavy atom. The number of anilines is 1. The predicted octanol–water partition coefficient (Wildman–Crippen LogP) is 6.76. The quantitative estimate of drug-likeness (QED) is 0.330. The Kier molecular flexibility index (Phi) is 4.63. The Bertz CT molecular complexity index is 1120. The van der Waals surface area contributed by atoms with E-state index in [4.69, 9.17) is 28.6 Å². The van der Waals surface area contributed by atoms with Crippen molar-refractivity contribution in [2.45, 2.75) is 19.4 Å². The van der Waals surface area contributed by atoms with E-state index >= 15 is 0 Å². The van der Waals surface area contributed by atoms with Crippen LogP contribution >= 0.6 is 44.5 Å². The van der Waals surface area contributed by atoms with E-state index in [0.29, 0.717) is 10.6 Å². The lowest BCUT2D eigenvalue weighted by Gasteiger charge is -2.43. The molecule has 27 heavy (non-hydrogen) atoms. The number of amides is 1. The van der Waals surface area contributed by atoms with Crippen LogP contribution in [0.1, 0.15) is 29.1 Å². The van der Waals surface area contributed by atoms with E-state index in [1.165, 1.54) is 0 Å². The maximum absolute atomic E-state index is 13.6. The minimum Gasteiger partial charge on any atom is -0.497 e. The first-order chi connectivity index (χ1) is 12.9. The largest absolute Gasteiger partial charge is 0.497 e. The van der Waals surface area contributed by atoms with Crippen molar-refractivity contribution < 1.29 is 9.53 Å². The summed E-state index contributed by atoms with van der Waals surface area (Å²) < 4.78 is 6.25. The highest BCUT2D eigenvalue weighted by molar-refractivity contribution is 7.80. The van der Waals surface area contributed by atoms with Crippen molar-refractivity contribution in [3.05, 3.63) is 61.8 Å². The highest BCUT2D eigenvalue weighted by atomic mass is 35.5. The molecule has 7 heteroatoms. The summed E-state index contributed by atoms with van der Waals surface area (Å²) in [4.78, 5) is 16.5. The standard InChI is InChI=1S/C20H16ClNO2S3/c1-20(2)17-16(19(25)27-26-17)13-10-11(24-3)8-9-15(13)22(20)18(23)12-6-4-5-7-14(12)21/h4-10H,1-3H3. The van der Waals surface area contributed by atoms with Crippen LogP contribution in [-0.2, 0) is 5.54 Å². The van der Waals surface area contributed by atoms with Gasteiger partial charge in [-0.3, -0.25) is 9.69 Å². The number of hydrogen-bond donors (Lipinski definition) is 0. The number of carbonyl (C=O) groups is 1. The Morgan fingerprint density at radius 3 is 2.63 bits per heavy atom. The van der Waals surface area contributed by atoms with E-state index in [1.54, 1.807) is 39.9 Å². The molecule has 0 fully saturated rings. The number of rotatable bonds is 2.